The van der Waals surface area contributed by atoms with E-state index in [4.69, 9.17) is 10.3 Å². The third kappa shape index (κ3) is 3.34. The van der Waals surface area contributed by atoms with E-state index in [0.717, 1.165) is 9.37 Å². The Balaban J connectivity index is 2.03. The number of hydrogen-bond donors (Lipinski definition) is 1. The van der Waals surface area contributed by atoms with Crippen LogP contribution in [0.1, 0.15) is 25.6 Å². The van der Waals surface area contributed by atoms with E-state index >= 15 is 0 Å². The van der Waals surface area contributed by atoms with Gasteiger partial charge in [-0.05, 0) is 41.9 Å². The fourth-order valence-corrected chi connectivity index (χ4v) is 2.68. The van der Waals surface area contributed by atoms with E-state index in [1.165, 1.54) is 0 Å². The second kappa shape index (κ2) is 5.42. The monoisotopic (exact) mass is 327 g/mol. The molecule has 0 unspecified atom stereocenters. The van der Waals surface area contributed by atoms with Gasteiger partial charge in [-0.25, -0.2) is 0 Å². The van der Waals surface area contributed by atoms with Crippen LogP contribution in [0.15, 0.2) is 38.2 Å². The van der Waals surface area contributed by atoms with Crippen molar-refractivity contribution in [3.05, 3.63) is 40.5 Å². The average Bonchev–Trinajstić information content (AvgIpc) is 2.76. The molecule has 1 heterocycles. The van der Waals surface area contributed by atoms with Crippen molar-refractivity contribution in [3.8, 4) is 0 Å². The van der Waals surface area contributed by atoms with E-state index in [1.807, 2.05) is 38.1 Å². The van der Waals surface area contributed by atoms with Crippen molar-refractivity contribution < 1.29 is 4.52 Å². The van der Waals surface area contributed by atoms with E-state index in [9.17, 15) is 0 Å². The van der Waals surface area contributed by atoms with E-state index in [-0.39, 0.29) is 0 Å². The molecule has 4 nitrogen and oxygen atoms in total. The van der Waals surface area contributed by atoms with E-state index in [2.05, 4.69) is 26.1 Å². The van der Waals surface area contributed by atoms with Gasteiger partial charge in [0, 0.05) is 9.37 Å². The molecule has 2 N–H and O–H groups in total. The Morgan fingerprint density at radius 3 is 2.72 bits per heavy atom. The minimum Gasteiger partial charge on any atom is -0.338 e. The predicted molar refractivity (Wildman–Crippen MR) is 75.2 cm³/mol. The van der Waals surface area contributed by atoms with Gasteiger partial charge < -0.3 is 10.3 Å². The summed E-state index contributed by atoms with van der Waals surface area (Å²) in [6.45, 7) is 3.70. The average molecular weight is 328 g/mol. The molecule has 2 rings (SSSR count). The summed E-state index contributed by atoms with van der Waals surface area (Å²) >= 11 is 5.14. The number of aromatic nitrogens is 2. The maximum Gasteiger partial charge on any atom is 0.237 e. The zero-order chi connectivity index (χ0) is 13.2. The zero-order valence-corrected chi connectivity index (χ0v) is 12.6. The van der Waals surface area contributed by atoms with Gasteiger partial charge in [-0.2, -0.15) is 4.98 Å². The van der Waals surface area contributed by atoms with Gasteiger partial charge in [0.05, 0.1) is 11.3 Å². The van der Waals surface area contributed by atoms with Crippen LogP contribution in [0.4, 0.5) is 0 Å². The van der Waals surface area contributed by atoms with Crippen molar-refractivity contribution >= 4 is 27.7 Å². The Morgan fingerprint density at radius 2 is 2.11 bits per heavy atom. The van der Waals surface area contributed by atoms with Gasteiger partial charge in [0.25, 0.3) is 0 Å². The van der Waals surface area contributed by atoms with Crippen molar-refractivity contribution in [2.75, 3.05) is 0 Å². The van der Waals surface area contributed by atoms with Crippen LogP contribution < -0.4 is 5.73 Å². The molecule has 0 aliphatic carbocycles. The molecule has 0 spiro atoms. The molecular formula is C12H14BrN3OS. The van der Waals surface area contributed by atoms with Crippen molar-refractivity contribution in [3.63, 3.8) is 0 Å². The third-order valence-corrected chi connectivity index (χ3v) is 4.24. The van der Waals surface area contributed by atoms with Gasteiger partial charge in [0.15, 0.2) is 5.82 Å². The van der Waals surface area contributed by atoms with Crippen LogP contribution >= 0.6 is 27.7 Å². The number of nitrogens with zero attached hydrogens (tertiary/aromatic N) is 2. The van der Waals surface area contributed by atoms with Gasteiger partial charge in [0.1, 0.15) is 0 Å². The van der Waals surface area contributed by atoms with Crippen molar-refractivity contribution in [2.24, 2.45) is 5.73 Å². The van der Waals surface area contributed by atoms with Crippen LogP contribution in [-0.2, 0) is 11.3 Å². The summed E-state index contributed by atoms with van der Waals surface area (Å²) in [7, 11) is 0. The summed E-state index contributed by atoms with van der Waals surface area (Å²) in [4.78, 5) is 5.43. The quantitative estimate of drug-likeness (QED) is 0.872. The third-order valence-electron chi connectivity index (χ3n) is 2.23. The molecule has 0 saturated heterocycles. The summed E-state index contributed by atoms with van der Waals surface area (Å²) in [5.74, 6) is 1.75. The highest BCUT2D eigenvalue weighted by Crippen LogP contribution is 2.29. The largest absolute Gasteiger partial charge is 0.338 e. The molecule has 6 heteroatoms. The smallest absolute Gasteiger partial charge is 0.237 e. The lowest BCUT2D eigenvalue weighted by molar-refractivity contribution is 0.370. The fraction of sp³-hybridized carbons (Fsp3) is 0.333. The van der Waals surface area contributed by atoms with Gasteiger partial charge >= 0.3 is 0 Å². The van der Waals surface area contributed by atoms with Crippen molar-refractivity contribution in [2.45, 2.75) is 30.0 Å². The molecule has 0 atom stereocenters. The van der Waals surface area contributed by atoms with E-state index in [0.29, 0.717) is 17.5 Å². The normalized spacial score (nSPS) is 11.8. The van der Waals surface area contributed by atoms with E-state index < -0.39 is 5.54 Å². The van der Waals surface area contributed by atoms with Crippen LogP contribution in [0.2, 0.25) is 0 Å². The fourth-order valence-electron chi connectivity index (χ4n) is 1.28. The molecule has 0 aliphatic heterocycles. The Hall–Kier alpha value is -0.850. The first kappa shape index (κ1) is 13.6. The second-order valence-electron chi connectivity index (χ2n) is 4.45. The zero-order valence-electron chi connectivity index (χ0n) is 10.2. The molecule has 0 fully saturated rings. The lowest BCUT2D eigenvalue weighted by Crippen LogP contribution is -2.30. The number of nitrogens with two attached hydrogens (primary N) is 1. The van der Waals surface area contributed by atoms with Crippen LogP contribution in [0, 0.1) is 0 Å². The SMILES string of the molecule is CC(C)(N)c1noc(CSc2ccccc2Br)n1. The highest BCUT2D eigenvalue weighted by atomic mass is 79.9. The number of benzene rings is 1. The first-order chi connectivity index (χ1) is 8.47. The van der Waals surface area contributed by atoms with Gasteiger partial charge in [0.2, 0.25) is 5.89 Å². The lowest BCUT2D eigenvalue weighted by Gasteiger charge is -2.11. The highest BCUT2D eigenvalue weighted by molar-refractivity contribution is 9.10. The number of rotatable bonds is 4. The molecule has 0 saturated carbocycles. The van der Waals surface area contributed by atoms with Gasteiger partial charge in [-0.1, -0.05) is 17.3 Å². The van der Waals surface area contributed by atoms with Crippen LogP contribution in [0.3, 0.4) is 0 Å². The summed E-state index contributed by atoms with van der Waals surface area (Å²) < 4.78 is 6.24. The molecule has 0 aliphatic rings. The number of hydrogen-bond acceptors (Lipinski definition) is 5. The maximum atomic E-state index is 5.90. The molecule has 1 aromatic heterocycles. The Labute approximate surface area is 118 Å². The van der Waals surface area contributed by atoms with Crippen molar-refractivity contribution in [1.29, 1.82) is 0 Å². The Kier molecular flexibility index (Phi) is 4.09. The molecule has 0 radical (unpaired) electrons. The number of halogens is 1. The lowest BCUT2D eigenvalue weighted by atomic mass is 10.1. The highest BCUT2D eigenvalue weighted by Gasteiger charge is 2.21. The molecule has 1 aromatic carbocycles. The molecule has 18 heavy (non-hydrogen) atoms. The van der Waals surface area contributed by atoms with E-state index in [1.54, 1.807) is 11.8 Å². The number of thioether (sulfide) groups is 1. The first-order valence-electron chi connectivity index (χ1n) is 5.46. The maximum absolute atomic E-state index is 5.90. The molecule has 0 bridgehead atoms. The minimum absolute atomic E-state index is 0.533. The van der Waals surface area contributed by atoms with Crippen molar-refractivity contribution in [1.82, 2.24) is 10.1 Å². The Morgan fingerprint density at radius 1 is 1.39 bits per heavy atom. The standard InChI is InChI=1S/C12H14BrN3OS/c1-12(2,14)11-15-10(17-16-11)7-18-9-6-4-3-5-8(9)13/h3-6H,7,14H2,1-2H3. The minimum atomic E-state index is -0.570. The Bertz CT molecular complexity index is 536. The topological polar surface area (TPSA) is 64.9 Å². The van der Waals surface area contributed by atoms with Gasteiger partial charge in [-0.15, -0.1) is 11.8 Å². The van der Waals surface area contributed by atoms with Crippen LogP contribution in [-0.4, -0.2) is 10.1 Å². The summed E-state index contributed by atoms with van der Waals surface area (Å²) in [6, 6.07) is 8.02. The molecular weight excluding hydrogens is 314 g/mol. The molecule has 2 aromatic rings. The summed E-state index contributed by atoms with van der Waals surface area (Å²) in [5.41, 5.74) is 5.33. The predicted octanol–water partition coefficient (Wildman–Crippen LogP) is 3.32. The summed E-state index contributed by atoms with van der Waals surface area (Å²) in [5, 5.41) is 3.89. The van der Waals surface area contributed by atoms with Gasteiger partial charge in [-0.3, -0.25) is 0 Å². The second-order valence-corrected chi connectivity index (χ2v) is 6.32. The van der Waals surface area contributed by atoms with Crippen LogP contribution in [0.5, 0.6) is 0 Å². The summed E-state index contributed by atoms with van der Waals surface area (Å²) in [6.07, 6.45) is 0. The molecule has 96 valence electrons. The first-order valence-corrected chi connectivity index (χ1v) is 7.24. The van der Waals surface area contributed by atoms with Crippen LogP contribution in [0.25, 0.3) is 0 Å². The molecule has 0 amide bonds.